The molecule has 64 valence electrons. The Kier molecular flexibility index (Phi) is 4.02. The summed E-state index contributed by atoms with van der Waals surface area (Å²) in [6, 6.07) is 0.384. The van der Waals surface area contributed by atoms with Crippen LogP contribution in [0.3, 0.4) is 0 Å². The minimum atomic E-state index is 0.384. The Balaban J connectivity index is 2.18. The third-order valence-corrected chi connectivity index (χ3v) is 2.80. The molecular weight excluding hydrogens is 154 g/mol. The summed E-state index contributed by atoms with van der Waals surface area (Å²) >= 11 is 1.84. The van der Waals surface area contributed by atoms with Gasteiger partial charge < -0.3 is 5.73 Å². The van der Waals surface area contributed by atoms with E-state index in [1.165, 1.54) is 19.3 Å². The highest BCUT2D eigenvalue weighted by atomic mass is 32.2. The van der Waals surface area contributed by atoms with Crippen molar-refractivity contribution in [1.29, 1.82) is 0 Å². The molecule has 1 aliphatic carbocycles. The zero-order valence-corrected chi connectivity index (χ0v) is 7.99. The quantitative estimate of drug-likeness (QED) is 0.656. The highest BCUT2D eigenvalue weighted by molar-refractivity contribution is 7.98. The van der Waals surface area contributed by atoms with Crippen LogP contribution in [0.1, 0.15) is 25.7 Å². The minimum Gasteiger partial charge on any atom is -0.327 e. The van der Waals surface area contributed by atoms with Crippen LogP contribution in [0, 0.1) is 0 Å². The van der Waals surface area contributed by atoms with Crippen molar-refractivity contribution in [2.45, 2.75) is 31.7 Å². The zero-order chi connectivity index (χ0) is 8.10. The van der Waals surface area contributed by atoms with Crippen LogP contribution >= 0.6 is 11.8 Å². The third kappa shape index (κ3) is 3.30. The van der Waals surface area contributed by atoms with E-state index in [-0.39, 0.29) is 0 Å². The van der Waals surface area contributed by atoms with Crippen molar-refractivity contribution in [3.63, 3.8) is 0 Å². The van der Waals surface area contributed by atoms with Gasteiger partial charge in [-0.25, -0.2) is 0 Å². The Morgan fingerprint density at radius 2 is 2.55 bits per heavy atom. The number of allylic oxidation sites excluding steroid dienone is 1. The molecule has 0 saturated heterocycles. The third-order valence-electron chi connectivity index (χ3n) is 2.04. The molecule has 1 nitrogen and oxygen atoms in total. The monoisotopic (exact) mass is 171 g/mol. The molecule has 0 aromatic carbocycles. The standard InChI is InChI=1S/C9H17NS/c1-11-7-9(10)6-8-4-2-3-5-8/h4,9H,2-3,5-7,10H2,1H3. The van der Waals surface area contributed by atoms with Crippen molar-refractivity contribution >= 4 is 11.8 Å². The average Bonchev–Trinajstić information content (AvgIpc) is 2.40. The van der Waals surface area contributed by atoms with Crippen LogP contribution < -0.4 is 5.73 Å². The molecular formula is C9H17NS. The summed E-state index contributed by atoms with van der Waals surface area (Å²) in [5.41, 5.74) is 7.49. The minimum absolute atomic E-state index is 0.384. The molecule has 0 aliphatic heterocycles. The lowest BCUT2D eigenvalue weighted by Gasteiger charge is -2.09. The molecule has 0 fully saturated rings. The first-order valence-electron chi connectivity index (χ1n) is 4.25. The van der Waals surface area contributed by atoms with Gasteiger partial charge in [0.1, 0.15) is 0 Å². The molecule has 0 aromatic heterocycles. The molecule has 1 atom stereocenters. The Morgan fingerprint density at radius 1 is 1.73 bits per heavy atom. The summed E-state index contributed by atoms with van der Waals surface area (Å²) in [6.45, 7) is 0. The van der Waals surface area contributed by atoms with Crippen molar-refractivity contribution in [3.8, 4) is 0 Å². The Hall–Kier alpha value is 0.0500. The second-order valence-corrected chi connectivity index (χ2v) is 4.08. The summed E-state index contributed by atoms with van der Waals surface area (Å²) in [6.07, 6.45) is 9.52. The molecule has 0 heterocycles. The zero-order valence-electron chi connectivity index (χ0n) is 7.18. The van der Waals surface area contributed by atoms with Crippen molar-refractivity contribution < 1.29 is 0 Å². The van der Waals surface area contributed by atoms with Crippen LogP contribution in [0.25, 0.3) is 0 Å². The van der Waals surface area contributed by atoms with Crippen LogP contribution in [-0.2, 0) is 0 Å². The molecule has 1 unspecified atom stereocenters. The molecule has 2 N–H and O–H groups in total. The Bertz CT molecular complexity index is 142. The maximum absolute atomic E-state index is 5.90. The van der Waals surface area contributed by atoms with Crippen LogP contribution in [0.4, 0.5) is 0 Å². The van der Waals surface area contributed by atoms with E-state index < -0.39 is 0 Å². The van der Waals surface area contributed by atoms with Crippen molar-refractivity contribution in [2.75, 3.05) is 12.0 Å². The van der Waals surface area contributed by atoms with Crippen LogP contribution in [0.15, 0.2) is 11.6 Å². The van der Waals surface area contributed by atoms with Gasteiger partial charge >= 0.3 is 0 Å². The first-order valence-corrected chi connectivity index (χ1v) is 5.64. The Labute approximate surface area is 73.4 Å². The molecule has 0 amide bonds. The summed E-state index contributed by atoms with van der Waals surface area (Å²) < 4.78 is 0. The fourth-order valence-corrected chi connectivity index (χ4v) is 2.08. The molecule has 0 spiro atoms. The van der Waals surface area contributed by atoms with Crippen LogP contribution in [0.5, 0.6) is 0 Å². The van der Waals surface area contributed by atoms with E-state index >= 15 is 0 Å². The summed E-state index contributed by atoms with van der Waals surface area (Å²) in [4.78, 5) is 0. The maximum Gasteiger partial charge on any atom is 0.0167 e. The van der Waals surface area contributed by atoms with Crippen LogP contribution in [0.2, 0.25) is 0 Å². The van der Waals surface area contributed by atoms with Gasteiger partial charge in [0, 0.05) is 11.8 Å². The van der Waals surface area contributed by atoms with Gasteiger partial charge in [0.15, 0.2) is 0 Å². The van der Waals surface area contributed by atoms with Gasteiger partial charge in [-0.05, 0) is 31.9 Å². The number of thioether (sulfide) groups is 1. The lowest BCUT2D eigenvalue weighted by atomic mass is 10.1. The Morgan fingerprint density at radius 3 is 3.09 bits per heavy atom. The predicted octanol–water partition coefficient (Wildman–Crippen LogP) is 2.18. The summed E-state index contributed by atoms with van der Waals surface area (Å²) in [5, 5.41) is 0. The SMILES string of the molecule is CSCC(N)CC1=CCCC1. The number of hydrogen-bond donors (Lipinski definition) is 1. The second kappa shape index (κ2) is 4.83. The van der Waals surface area contributed by atoms with Gasteiger partial charge in [0.2, 0.25) is 0 Å². The van der Waals surface area contributed by atoms with Crippen molar-refractivity contribution in [1.82, 2.24) is 0 Å². The number of hydrogen-bond acceptors (Lipinski definition) is 2. The topological polar surface area (TPSA) is 26.0 Å². The van der Waals surface area contributed by atoms with Gasteiger partial charge in [-0.3, -0.25) is 0 Å². The van der Waals surface area contributed by atoms with E-state index in [0.29, 0.717) is 6.04 Å². The van der Waals surface area contributed by atoms with Gasteiger partial charge in [-0.1, -0.05) is 11.6 Å². The van der Waals surface area contributed by atoms with Crippen molar-refractivity contribution in [3.05, 3.63) is 11.6 Å². The molecule has 2 heteroatoms. The van der Waals surface area contributed by atoms with E-state index in [0.717, 1.165) is 12.2 Å². The second-order valence-electron chi connectivity index (χ2n) is 3.17. The smallest absolute Gasteiger partial charge is 0.0167 e. The molecule has 0 radical (unpaired) electrons. The molecule has 0 aromatic rings. The fraction of sp³-hybridized carbons (Fsp3) is 0.778. The van der Waals surface area contributed by atoms with Crippen LogP contribution in [-0.4, -0.2) is 18.1 Å². The van der Waals surface area contributed by atoms with E-state index in [2.05, 4.69) is 12.3 Å². The number of rotatable bonds is 4. The van der Waals surface area contributed by atoms with Gasteiger partial charge in [-0.15, -0.1) is 0 Å². The first kappa shape index (κ1) is 9.14. The normalized spacial score (nSPS) is 20.0. The highest BCUT2D eigenvalue weighted by Gasteiger charge is 2.08. The van der Waals surface area contributed by atoms with E-state index in [1.807, 2.05) is 11.8 Å². The maximum atomic E-state index is 5.90. The first-order chi connectivity index (χ1) is 5.33. The lowest BCUT2D eigenvalue weighted by Crippen LogP contribution is -2.22. The van der Waals surface area contributed by atoms with E-state index in [4.69, 9.17) is 5.73 Å². The van der Waals surface area contributed by atoms with Gasteiger partial charge in [0.25, 0.3) is 0 Å². The van der Waals surface area contributed by atoms with Crippen molar-refractivity contribution in [2.24, 2.45) is 5.73 Å². The van der Waals surface area contributed by atoms with E-state index in [1.54, 1.807) is 5.57 Å². The predicted molar refractivity (Wildman–Crippen MR) is 52.9 cm³/mol. The molecule has 0 bridgehead atoms. The molecule has 1 aliphatic rings. The highest BCUT2D eigenvalue weighted by Crippen LogP contribution is 2.21. The molecule has 0 saturated carbocycles. The summed E-state index contributed by atoms with van der Waals surface area (Å²) in [5.74, 6) is 1.09. The lowest BCUT2D eigenvalue weighted by molar-refractivity contribution is 0.721. The number of nitrogens with two attached hydrogens (primary N) is 1. The summed E-state index contributed by atoms with van der Waals surface area (Å²) in [7, 11) is 0. The fourth-order valence-electron chi connectivity index (χ4n) is 1.53. The van der Waals surface area contributed by atoms with E-state index in [9.17, 15) is 0 Å². The molecule has 11 heavy (non-hydrogen) atoms. The largest absolute Gasteiger partial charge is 0.327 e. The molecule has 1 rings (SSSR count). The average molecular weight is 171 g/mol. The van der Waals surface area contributed by atoms with Gasteiger partial charge in [-0.2, -0.15) is 11.8 Å². The van der Waals surface area contributed by atoms with Gasteiger partial charge in [0.05, 0.1) is 0 Å².